The first-order chi connectivity index (χ1) is 13.0. The molecule has 0 aliphatic rings. The topological polar surface area (TPSA) is 56.6 Å². The molecule has 1 amide bonds. The molecule has 3 rings (SSSR count). The van der Waals surface area contributed by atoms with Gasteiger partial charge in [0.15, 0.2) is 0 Å². The third-order valence-electron chi connectivity index (χ3n) is 4.52. The predicted octanol–water partition coefficient (Wildman–Crippen LogP) is 3.41. The summed E-state index contributed by atoms with van der Waals surface area (Å²) < 4.78 is 13.2. The summed E-state index contributed by atoms with van der Waals surface area (Å²) in [6.45, 7) is 2.68. The number of rotatable bonds is 7. The van der Waals surface area contributed by atoms with Crippen LogP contribution in [0.25, 0.3) is 11.0 Å². The quantitative estimate of drug-likeness (QED) is 0.642. The van der Waals surface area contributed by atoms with Crippen molar-refractivity contribution in [1.82, 2.24) is 14.5 Å². The van der Waals surface area contributed by atoms with Crippen LogP contribution in [-0.4, -0.2) is 41.6 Å². The molecule has 27 heavy (non-hydrogen) atoms. The van der Waals surface area contributed by atoms with Gasteiger partial charge < -0.3 is 18.9 Å². The fourth-order valence-electron chi connectivity index (χ4n) is 3.05. The number of carbonyl (C=O) groups excluding carboxylic acids is 1. The second-order valence-electron chi connectivity index (χ2n) is 6.67. The van der Waals surface area contributed by atoms with Crippen LogP contribution >= 0.6 is 0 Å². The van der Waals surface area contributed by atoms with Crippen LogP contribution in [0.2, 0.25) is 0 Å². The van der Waals surface area contributed by atoms with E-state index in [4.69, 9.17) is 14.5 Å². The Bertz CT molecular complexity index is 919. The van der Waals surface area contributed by atoms with Crippen LogP contribution < -0.4 is 4.74 Å². The van der Waals surface area contributed by atoms with Crippen LogP contribution in [0.1, 0.15) is 24.2 Å². The van der Waals surface area contributed by atoms with E-state index in [-0.39, 0.29) is 11.8 Å². The van der Waals surface area contributed by atoms with Gasteiger partial charge in [-0.1, -0.05) is 30.3 Å². The SMILES string of the molecule is COc1ccc2c(c1)nc(C(C)C(=O)N(C)C)n2COCc1ccccc1. The number of imidazole rings is 1. The van der Waals surface area contributed by atoms with Crippen LogP contribution in [0.15, 0.2) is 48.5 Å². The van der Waals surface area contributed by atoms with E-state index >= 15 is 0 Å². The highest BCUT2D eigenvalue weighted by atomic mass is 16.5. The maximum atomic E-state index is 12.5. The van der Waals surface area contributed by atoms with Gasteiger partial charge in [-0.15, -0.1) is 0 Å². The van der Waals surface area contributed by atoms with Crippen LogP contribution in [-0.2, 0) is 22.9 Å². The number of likely N-dealkylation sites (N-methyl/N-ethyl adjacent to an activating group) is 1. The highest BCUT2D eigenvalue weighted by molar-refractivity contribution is 5.84. The van der Waals surface area contributed by atoms with Crippen molar-refractivity contribution in [3.8, 4) is 5.75 Å². The predicted molar refractivity (Wildman–Crippen MR) is 105 cm³/mol. The Balaban J connectivity index is 1.92. The molecule has 0 N–H and O–H groups in total. The zero-order chi connectivity index (χ0) is 19.4. The largest absolute Gasteiger partial charge is 0.497 e. The maximum absolute atomic E-state index is 12.5. The number of nitrogens with zero attached hydrogens (tertiary/aromatic N) is 3. The van der Waals surface area contributed by atoms with Crippen LogP contribution in [0.5, 0.6) is 5.75 Å². The number of amides is 1. The summed E-state index contributed by atoms with van der Waals surface area (Å²) in [6, 6.07) is 15.7. The summed E-state index contributed by atoms with van der Waals surface area (Å²) in [5, 5.41) is 0. The van der Waals surface area contributed by atoms with Gasteiger partial charge in [0.25, 0.3) is 0 Å². The first kappa shape index (κ1) is 18.9. The van der Waals surface area contributed by atoms with E-state index in [9.17, 15) is 4.79 Å². The van der Waals surface area contributed by atoms with Crippen molar-refractivity contribution in [3.63, 3.8) is 0 Å². The molecule has 0 fully saturated rings. The van der Waals surface area contributed by atoms with Crippen LogP contribution in [0, 0.1) is 0 Å². The Morgan fingerprint density at radius 3 is 2.59 bits per heavy atom. The number of aromatic nitrogens is 2. The zero-order valence-electron chi connectivity index (χ0n) is 16.2. The second-order valence-corrected chi connectivity index (χ2v) is 6.67. The van der Waals surface area contributed by atoms with E-state index in [0.29, 0.717) is 19.2 Å². The highest BCUT2D eigenvalue weighted by Gasteiger charge is 2.24. The summed E-state index contributed by atoms with van der Waals surface area (Å²) in [5.41, 5.74) is 2.80. The van der Waals surface area contributed by atoms with Gasteiger partial charge in [0.05, 0.1) is 30.7 Å². The third kappa shape index (κ3) is 4.11. The molecule has 0 saturated heterocycles. The Morgan fingerprint density at radius 2 is 1.93 bits per heavy atom. The first-order valence-electron chi connectivity index (χ1n) is 8.88. The van der Waals surface area contributed by atoms with E-state index in [1.54, 1.807) is 26.1 Å². The summed E-state index contributed by atoms with van der Waals surface area (Å²) in [6.07, 6.45) is 0. The molecule has 2 aromatic carbocycles. The molecule has 1 unspecified atom stereocenters. The fourth-order valence-corrected chi connectivity index (χ4v) is 3.05. The Kier molecular flexibility index (Phi) is 5.76. The van der Waals surface area contributed by atoms with Gasteiger partial charge in [-0.3, -0.25) is 4.79 Å². The van der Waals surface area contributed by atoms with Crippen molar-refractivity contribution < 1.29 is 14.3 Å². The smallest absolute Gasteiger partial charge is 0.232 e. The zero-order valence-corrected chi connectivity index (χ0v) is 16.2. The molecule has 0 aliphatic carbocycles. The Labute approximate surface area is 159 Å². The van der Waals surface area contributed by atoms with E-state index in [1.165, 1.54) is 0 Å². The molecule has 1 atom stereocenters. The standard InChI is InChI=1S/C21H25N3O3/c1-15(21(25)23(2)3)20-22-18-12-17(26-4)10-11-19(18)24(20)14-27-13-16-8-6-5-7-9-16/h5-12,15H,13-14H2,1-4H3. The Morgan fingerprint density at radius 1 is 1.19 bits per heavy atom. The minimum absolute atomic E-state index is 0.00146. The van der Waals surface area contributed by atoms with Crippen LogP contribution in [0.4, 0.5) is 0 Å². The average Bonchev–Trinajstić information content (AvgIpc) is 3.05. The molecule has 1 aromatic heterocycles. The fraction of sp³-hybridized carbons (Fsp3) is 0.333. The molecular weight excluding hydrogens is 342 g/mol. The molecule has 0 spiro atoms. The number of carbonyl (C=O) groups is 1. The van der Waals surface area contributed by atoms with E-state index < -0.39 is 0 Å². The average molecular weight is 367 g/mol. The summed E-state index contributed by atoms with van der Waals surface area (Å²) in [5.74, 6) is 1.04. The van der Waals surface area contributed by atoms with Gasteiger partial charge >= 0.3 is 0 Å². The minimum Gasteiger partial charge on any atom is -0.497 e. The van der Waals surface area contributed by atoms with Crippen molar-refractivity contribution in [2.24, 2.45) is 0 Å². The molecule has 1 heterocycles. The maximum Gasteiger partial charge on any atom is 0.232 e. The van der Waals surface area contributed by atoms with Gasteiger partial charge in [0, 0.05) is 20.2 Å². The molecule has 0 radical (unpaired) electrons. The number of benzene rings is 2. The van der Waals surface area contributed by atoms with Crippen molar-refractivity contribution in [2.75, 3.05) is 21.2 Å². The van der Waals surface area contributed by atoms with E-state index in [2.05, 4.69) is 0 Å². The molecule has 0 bridgehead atoms. The molecule has 6 nitrogen and oxygen atoms in total. The number of methoxy groups -OCH3 is 1. The number of hydrogen-bond acceptors (Lipinski definition) is 4. The van der Waals surface area contributed by atoms with E-state index in [0.717, 1.165) is 22.3 Å². The molecular formula is C21H25N3O3. The summed E-state index contributed by atoms with van der Waals surface area (Å²) >= 11 is 0. The van der Waals surface area contributed by atoms with Gasteiger partial charge in [-0.2, -0.15) is 0 Å². The number of fused-ring (bicyclic) bond motifs is 1. The van der Waals surface area contributed by atoms with Gasteiger partial charge in [0.1, 0.15) is 18.3 Å². The van der Waals surface area contributed by atoms with Gasteiger partial charge in [-0.05, 0) is 24.6 Å². The van der Waals surface area contributed by atoms with Crippen LogP contribution in [0.3, 0.4) is 0 Å². The third-order valence-corrected chi connectivity index (χ3v) is 4.52. The van der Waals surface area contributed by atoms with E-state index in [1.807, 2.05) is 60.0 Å². The molecule has 142 valence electrons. The number of ether oxygens (including phenoxy) is 2. The lowest BCUT2D eigenvalue weighted by Crippen LogP contribution is -2.28. The minimum atomic E-state index is -0.376. The molecule has 0 saturated carbocycles. The lowest BCUT2D eigenvalue weighted by atomic mass is 10.1. The summed E-state index contributed by atoms with van der Waals surface area (Å²) in [4.78, 5) is 18.8. The lowest BCUT2D eigenvalue weighted by molar-refractivity contribution is -0.130. The lowest BCUT2D eigenvalue weighted by Gasteiger charge is -2.18. The Hall–Kier alpha value is -2.86. The molecule has 6 heteroatoms. The highest BCUT2D eigenvalue weighted by Crippen LogP contribution is 2.26. The van der Waals surface area contributed by atoms with Crippen molar-refractivity contribution in [2.45, 2.75) is 26.2 Å². The van der Waals surface area contributed by atoms with Gasteiger partial charge in [-0.25, -0.2) is 4.98 Å². The first-order valence-corrected chi connectivity index (χ1v) is 8.88. The second kappa shape index (κ2) is 8.22. The molecule has 3 aromatic rings. The number of hydrogen-bond donors (Lipinski definition) is 0. The summed E-state index contributed by atoms with van der Waals surface area (Å²) in [7, 11) is 5.13. The van der Waals surface area contributed by atoms with Crippen molar-refractivity contribution >= 4 is 16.9 Å². The van der Waals surface area contributed by atoms with Crippen molar-refractivity contribution in [1.29, 1.82) is 0 Å². The van der Waals surface area contributed by atoms with Gasteiger partial charge in [0.2, 0.25) is 5.91 Å². The molecule has 0 aliphatic heterocycles. The van der Waals surface area contributed by atoms with Crippen molar-refractivity contribution in [3.05, 3.63) is 59.9 Å². The monoisotopic (exact) mass is 367 g/mol. The normalized spacial score (nSPS) is 12.1.